The summed E-state index contributed by atoms with van der Waals surface area (Å²) in [5.74, 6) is 0.652. The van der Waals surface area contributed by atoms with Crippen molar-refractivity contribution in [2.45, 2.75) is 18.9 Å². The third-order valence-electron chi connectivity index (χ3n) is 2.03. The monoisotopic (exact) mass is 125 g/mol. The molecule has 0 aromatic rings. The maximum atomic E-state index is 5.26. The SMILES string of the molecule is C1=CC2CNOC2CC1. The number of fused-ring (bicyclic) bond motifs is 1. The van der Waals surface area contributed by atoms with E-state index in [2.05, 4.69) is 17.6 Å². The zero-order chi connectivity index (χ0) is 6.10. The molecule has 0 saturated carbocycles. The Balaban J connectivity index is 2.10. The fraction of sp³-hybridized carbons (Fsp3) is 0.714. The summed E-state index contributed by atoms with van der Waals surface area (Å²) in [5, 5.41) is 0. The van der Waals surface area contributed by atoms with E-state index < -0.39 is 0 Å². The minimum absolute atomic E-state index is 0.468. The molecule has 2 atom stereocenters. The highest BCUT2D eigenvalue weighted by Gasteiger charge is 2.27. The Hall–Kier alpha value is -0.340. The van der Waals surface area contributed by atoms with E-state index >= 15 is 0 Å². The standard InChI is InChI=1S/C7H11NO/c1-2-4-7-6(3-1)5-8-9-7/h1,3,6-8H,2,4-5H2. The highest BCUT2D eigenvalue weighted by atomic mass is 16.7. The zero-order valence-corrected chi connectivity index (χ0v) is 5.34. The van der Waals surface area contributed by atoms with Crippen molar-refractivity contribution >= 4 is 0 Å². The van der Waals surface area contributed by atoms with Crippen LogP contribution < -0.4 is 5.48 Å². The van der Waals surface area contributed by atoms with E-state index in [1.165, 1.54) is 12.8 Å². The van der Waals surface area contributed by atoms with Crippen LogP contribution in [0.1, 0.15) is 12.8 Å². The van der Waals surface area contributed by atoms with Gasteiger partial charge >= 0.3 is 0 Å². The number of hydroxylamine groups is 1. The van der Waals surface area contributed by atoms with Crippen LogP contribution in [0, 0.1) is 5.92 Å². The van der Waals surface area contributed by atoms with Gasteiger partial charge in [0.25, 0.3) is 0 Å². The molecule has 0 aromatic heterocycles. The van der Waals surface area contributed by atoms with Gasteiger partial charge in [0.05, 0.1) is 6.10 Å². The maximum absolute atomic E-state index is 5.26. The molecular formula is C7H11NO. The van der Waals surface area contributed by atoms with Crippen LogP contribution in [0.2, 0.25) is 0 Å². The van der Waals surface area contributed by atoms with Gasteiger partial charge in [-0.2, -0.15) is 0 Å². The summed E-state index contributed by atoms with van der Waals surface area (Å²) in [5.41, 5.74) is 2.91. The van der Waals surface area contributed by atoms with Gasteiger partial charge in [0.1, 0.15) is 0 Å². The molecule has 1 N–H and O–H groups in total. The van der Waals surface area contributed by atoms with E-state index in [0.29, 0.717) is 12.0 Å². The molecule has 2 aliphatic rings. The number of nitrogens with one attached hydrogen (secondary N) is 1. The van der Waals surface area contributed by atoms with E-state index in [4.69, 9.17) is 4.84 Å². The highest BCUT2D eigenvalue weighted by Crippen LogP contribution is 2.23. The summed E-state index contributed by atoms with van der Waals surface area (Å²) in [6.07, 6.45) is 7.35. The van der Waals surface area contributed by atoms with Crippen molar-refractivity contribution < 1.29 is 4.84 Å². The summed E-state index contributed by atoms with van der Waals surface area (Å²) in [4.78, 5) is 5.26. The molecule has 0 amide bonds. The third kappa shape index (κ3) is 0.884. The molecule has 1 fully saturated rings. The van der Waals surface area contributed by atoms with Crippen LogP contribution in [0.25, 0.3) is 0 Å². The van der Waals surface area contributed by atoms with Gasteiger partial charge in [-0.05, 0) is 12.8 Å². The molecule has 2 rings (SSSR count). The first-order valence-electron chi connectivity index (χ1n) is 3.52. The third-order valence-corrected chi connectivity index (χ3v) is 2.03. The van der Waals surface area contributed by atoms with Crippen molar-refractivity contribution in [1.82, 2.24) is 5.48 Å². The molecule has 1 aliphatic heterocycles. The maximum Gasteiger partial charge on any atom is 0.0868 e. The average Bonchev–Trinajstić information content (AvgIpc) is 2.33. The van der Waals surface area contributed by atoms with Gasteiger partial charge in [0.15, 0.2) is 0 Å². The average molecular weight is 125 g/mol. The molecule has 1 heterocycles. The lowest BCUT2D eigenvalue weighted by Gasteiger charge is -2.15. The van der Waals surface area contributed by atoms with Gasteiger partial charge in [0, 0.05) is 12.5 Å². The van der Waals surface area contributed by atoms with E-state index in [1.807, 2.05) is 0 Å². The van der Waals surface area contributed by atoms with Gasteiger partial charge in [0.2, 0.25) is 0 Å². The summed E-state index contributed by atoms with van der Waals surface area (Å²) < 4.78 is 0. The summed E-state index contributed by atoms with van der Waals surface area (Å²) >= 11 is 0. The fourth-order valence-electron chi connectivity index (χ4n) is 1.47. The first kappa shape index (κ1) is 5.45. The second kappa shape index (κ2) is 2.12. The molecule has 2 nitrogen and oxygen atoms in total. The van der Waals surface area contributed by atoms with Crippen LogP contribution in [-0.4, -0.2) is 12.6 Å². The zero-order valence-electron chi connectivity index (χ0n) is 5.34. The molecule has 0 aromatic carbocycles. The summed E-state index contributed by atoms with van der Waals surface area (Å²) in [6, 6.07) is 0. The normalized spacial score (nSPS) is 40.9. The van der Waals surface area contributed by atoms with Gasteiger partial charge in [-0.25, -0.2) is 5.48 Å². The van der Waals surface area contributed by atoms with Crippen molar-refractivity contribution in [2.75, 3.05) is 6.54 Å². The van der Waals surface area contributed by atoms with Crippen LogP contribution in [0.5, 0.6) is 0 Å². The molecule has 0 bridgehead atoms. The van der Waals surface area contributed by atoms with Crippen LogP contribution in [0.4, 0.5) is 0 Å². The van der Waals surface area contributed by atoms with Crippen LogP contribution >= 0.6 is 0 Å². The van der Waals surface area contributed by atoms with Crippen LogP contribution in [-0.2, 0) is 4.84 Å². The molecule has 0 radical (unpaired) electrons. The van der Waals surface area contributed by atoms with Crippen LogP contribution in [0.3, 0.4) is 0 Å². The quantitative estimate of drug-likeness (QED) is 0.485. The largest absolute Gasteiger partial charge is 0.298 e. The number of hydrogen-bond acceptors (Lipinski definition) is 2. The first-order chi connectivity index (χ1) is 4.47. The Morgan fingerprint density at radius 2 is 2.56 bits per heavy atom. The Bertz CT molecular complexity index is 133. The predicted molar refractivity (Wildman–Crippen MR) is 34.7 cm³/mol. The lowest BCUT2D eigenvalue weighted by molar-refractivity contribution is 0.0217. The predicted octanol–water partition coefficient (Wildman–Crippen LogP) is 0.856. The number of allylic oxidation sites excluding steroid dienone is 1. The molecule has 2 heteroatoms. The topological polar surface area (TPSA) is 21.3 Å². The lowest BCUT2D eigenvalue weighted by Crippen LogP contribution is -2.17. The van der Waals surface area contributed by atoms with Gasteiger partial charge in [-0.1, -0.05) is 12.2 Å². The highest BCUT2D eigenvalue weighted by molar-refractivity contribution is 5.00. The van der Waals surface area contributed by atoms with Crippen LogP contribution in [0.15, 0.2) is 12.2 Å². The molecule has 9 heavy (non-hydrogen) atoms. The molecular weight excluding hydrogens is 114 g/mol. The van der Waals surface area contributed by atoms with Crippen molar-refractivity contribution in [2.24, 2.45) is 5.92 Å². The second-order valence-corrected chi connectivity index (χ2v) is 2.67. The van der Waals surface area contributed by atoms with Crippen molar-refractivity contribution in [3.8, 4) is 0 Å². The summed E-state index contributed by atoms with van der Waals surface area (Å²) in [7, 11) is 0. The molecule has 1 saturated heterocycles. The van der Waals surface area contributed by atoms with Gasteiger partial charge in [-0.3, -0.25) is 4.84 Å². The lowest BCUT2D eigenvalue weighted by atomic mass is 9.94. The Kier molecular flexibility index (Phi) is 1.28. The van der Waals surface area contributed by atoms with E-state index in [-0.39, 0.29) is 0 Å². The van der Waals surface area contributed by atoms with Crippen molar-refractivity contribution in [3.63, 3.8) is 0 Å². The molecule has 0 spiro atoms. The van der Waals surface area contributed by atoms with Gasteiger partial charge < -0.3 is 0 Å². The van der Waals surface area contributed by atoms with E-state index in [0.717, 1.165) is 6.54 Å². The number of rotatable bonds is 0. The molecule has 1 aliphatic carbocycles. The minimum Gasteiger partial charge on any atom is -0.298 e. The van der Waals surface area contributed by atoms with E-state index in [1.54, 1.807) is 0 Å². The first-order valence-corrected chi connectivity index (χ1v) is 3.52. The Morgan fingerprint density at radius 3 is 3.44 bits per heavy atom. The van der Waals surface area contributed by atoms with Crippen molar-refractivity contribution in [3.05, 3.63) is 12.2 Å². The smallest absolute Gasteiger partial charge is 0.0868 e. The fourth-order valence-corrected chi connectivity index (χ4v) is 1.47. The second-order valence-electron chi connectivity index (χ2n) is 2.67. The Morgan fingerprint density at radius 1 is 1.56 bits per heavy atom. The number of hydrogen-bond donors (Lipinski definition) is 1. The molecule has 2 unspecified atom stereocenters. The van der Waals surface area contributed by atoms with E-state index in [9.17, 15) is 0 Å². The summed E-state index contributed by atoms with van der Waals surface area (Å²) in [6.45, 7) is 1.00. The van der Waals surface area contributed by atoms with Gasteiger partial charge in [-0.15, -0.1) is 0 Å². The van der Waals surface area contributed by atoms with Crippen molar-refractivity contribution in [1.29, 1.82) is 0 Å². The minimum atomic E-state index is 0.468. The molecule has 50 valence electrons. The Labute approximate surface area is 54.8 Å².